The molecule has 0 atom stereocenters. The molecule has 3 heterocycles. The van der Waals surface area contributed by atoms with Crippen LogP contribution in [0.3, 0.4) is 0 Å². The van der Waals surface area contributed by atoms with Gasteiger partial charge in [0.1, 0.15) is 30.2 Å². The van der Waals surface area contributed by atoms with E-state index in [1.54, 1.807) is 35.4 Å². The molecule has 0 saturated heterocycles. The maximum atomic E-state index is 13.6. The molecule has 7 nitrogen and oxygen atoms in total. The molecule has 1 amide bonds. The van der Waals surface area contributed by atoms with E-state index in [4.69, 9.17) is 23.6 Å². The number of fused-ring (bicyclic) bond motifs is 2. The Hall–Kier alpha value is -3.52. The van der Waals surface area contributed by atoms with E-state index in [1.165, 1.54) is 11.3 Å². The van der Waals surface area contributed by atoms with E-state index in [0.717, 1.165) is 10.2 Å². The second-order valence-corrected chi connectivity index (χ2v) is 7.87. The summed E-state index contributed by atoms with van der Waals surface area (Å²) in [6.07, 6.45) is 1.59. The average Bonchev–Trinajstić information content (AvgIpc) is 3.47. The minimum Gasteiger partial charge on any atom is -0.492 e. The number of benzene rings is 2. The van der Waals surface area contributed by atoms with Crippen LogP contribution in [0.25, 0.3) is 10.2 Å². The number of carbonyl (C=O) groups excluding carboxylic acids is 1. The Bertz CT molecular complexity index is 1220. The summed E-state index contributed by atoms with van der Waals surface area (Å²) >= 11 is 1.44. The fraction of sp³-hybridized carbons (Fsp3) is 0.217. The zero-order chi connectivity index (χ0) is 21.2. The summed E-state index contributed by atoms with van der Waals surface area (Å²) in [4.78, 5) is 19.9. The molecule has 1 aliphatic heterocycles. The van der Waals surface area contributed by atoms with Crippen LogP contribution in [-0.2, 0) is 6.54 Å². The van der Waals surface area contributed by atoms with Gasteiger partial charge in [-0.05, 0) is 49.4 Å². The highest BCUT2D eigenvalue weighted by Crippen LogP contribution is 2.36. The Morgan fingerprint density at radius 2 is 2.00 bits per heavy atom. The van der Waals surface area contributed by atoms with Gasteiger partial charge in [0.15, 0.2) is 16.6 Å². The van der Waals surface area contributed by atoms with E-state index in [1.807, 2.05) is 31.2 Å². The van der Waals surface area contributed by atoms with Gasteiger partial charge in [-0.25, -0.2) is 4.98 Å². The molecule has 1 aliphatic rings. The maximum absolute atomic E-state index is 13.6. The number of hydrogen-bond acceptors (Lipinski definition) is 7. The third kappa shape index (κ3) is 3.82. The van der Waals surface area contributed by atoms with Gasteiger partial charge in [-0.2, -0.15) is 0 Å². The second kappa shape index (κ2) is 8.31. The van der Waals surface area contributed by atoms with Gasteiger partial charge in [0.25, 0.3) is 5.91 Å². The van der Waals surface area contributed by atoms with Crippen LogP contribution in [0, 0.1) is 0 Å². The molecular formula is C23H20N2O5S. The van der Waals surface area contributed by atoms with E-state index < -0.39 is 0 Å². The van der Waals surface area contributed by atoms with E-state index in [-0.39, 0.29) is 12.5 Å². The number of nitrogens with zero attached hydrogens (tertiary/aromatic N) is 2. The van der Waals surface area contributed by atoms with Gasteiger partial charge >= 0.3 is 0 Å². The molecule has 158 valence electrons. The Morgan fingerprint density at radius 1 is 1.13 bits per heavy atom. The van der Waals surface area contributed by atoms with Crippen molar-refractivity contribution in [2.75, 3.05) is 24.7 Å². The molecular weight excluding hydrogens is 416 g/mol. The summed E-state index contributed by atoms with van der Waals surface area (Å²) in [6.45, 7) is 3.68. The van der Waals surface area contributed by atoms with Crippen molar-refractivity contribution in [2.24, 2.45) is 0 Å². The first-order chi connectivity index (χ1) is 15.2. The summed E-state index contributed by atoms with van der Waals surface area (Å²) in [5.41, 5.74) is 1.23. The van der Waals surface area contributed by atoms with Crippen LogP contribution in [-0.4, -0.2) is 30.7 Å². The quantitative estimate of drug-likeness (QED) is 0.428. The van der Waals surface area contributed by atoms with Crippen LogP contribution in [0.5, 0.6) is 17.2 Å². The van der Waals surface area contributed by atoms with E-state index in [2.05, 4.69) is 0 Å². The zero-order valence-corrected chi connectivity index (χ0v) is 17.7. The molecule has 0 unspecified atom stereocenters. The average molecular weight is 436 g/mol. The summed E-state index contributed by atoms with van der Waals surface area (Å²) in [5, 5.41) is 0.568. The molecule has 0 spiro atoms. The highest BCUT2D eigenvalue weighted by molar-refractivity contribution is 7.22. The van der Waals surface area contributed by atoms with E-state index in [9.17, 15) is 4.79 Å². The first-order valence-electron chi connectivity index (χ1n) is 9.99. The van der Waals surface area contributed by atoms with Gasteiger partial charge in [0, 0.05) is 5.56 Å². The number of rotatable bonds is 6. The second-order valence-electron chi connectivity index (χ2n) is 6.86. The van der Waals surface area contributed by atoms with Crippen molar-refractivity contribution >= 4 is 32.6 Å². The minimum atomic E-state index is -0.203. The third-order valence-electron chi connectivity index (χ3n) is 4.83. The normalized spacial score (nSPS) is 12.7. The lowest BCUT2D eigenvalue weighted by atomic mass is 10.1. The lowest BCUT2D eigenvalue weighted by molar-refractivity contribution is 0.0982. The molecule has 2 aromatic heterocycles. The number of carbonyl (C=O) groups is 1. The highest BCUT2D eigenvalue weighted by atomic mass is 32.1. The molecule has 4 aromatic rings. The van der Waals surface area contributed by atoms with Crippen LogP contribution in [0.2, 0.25) is 0 Å². The molecule has 2 aromatic carbocycles. The fourth-order valence-corrected chi connectivity index (χ4v) is 4.40. The number of anilines is 1. The number of hydrogen-bond donors (Lipinski definition) is 0. The molecule has 0 radical (unpaired) electrons. The fourth-order valence-electron chi connectivity index (χ4n) is 3.42. The number of para-hydroxylation sites is 1. The third-order valence-corrected chi connectivity index (χ3v) is 5.87. The molecule has 0 bridgehead atoms. The van der Waals surface area contributed by atoms with Crippen LogP contribution < -0.4 is 19.1 Å². The first kappa shape index (κ1) is 19.4. The molecule has 8 heteroatoms. The topological polar surface area (TPSA) is 74.0 Å². The van der Waals surface area contributed by atoms with Crippen LogP contribution in [0.15, 0.2) is 59.2 Å². The van der Waals surface area contributed by atoms with Crippen molar-refractivity contribution in [3.05, 3.63) is 66.1 Å². The number of aromatic nitrogens is 1. The Balaban J connectivity index is 1.55. The van der Waals surface area contributed by atoms with Crippen molar-refractivity contribution < 1.29 is 23.4 Å². The molecule has 31 heavy (non-hydrogen) atoms. The number of ether oxygens (including phenoxy) is 3. The largest absolute Gasteiger partial charge is 0.492 e. The summed E-state index contributed by atoms with van der Waals surface area (Å²) in [6, 6.07) is 14.6. The molecule has 0 saturated carbocycles. The lowest BCUT2D eigenvalue weighted by Crippen LogP contribution is -2.30. The summed E-state index contributed by atoms with van der Waals surface area (Å²) < 4.78 is 23.4. The predicted molar refractivity (Wildman–Crippen MR) is 117 cm³/mol. The van der Waals surface area contributed by atoms with Crippen LogP contribution in [0.1, 0.15) is 23.0 Å². The van der Waals surface area contributed by atoms with Gasteiger partial charge in [0.2, 0.25) is 0 Å². The Labute approximate surface area is 182 Å². The lowest BCUT2D eigenvalue weighted by Gasteiger charge is -2.21. The monoisotopic (exact) mass is 436 g/mol. The van der Waals surface area contributed by atoms with Crippen molar-refractivity contribution in [3.63, 3.8) is 0 Å². The predicted octanol–water partition coefficient (Wildman–Crippen LogP) is 4.91. The summed E-state index contributed by atoms with van der Waals surface area (Å²) in [5.74, 6) is 2.37. The molecule has 0 fully saturated rings. The van der Waals surface area contributed by atoms with E-state index >= 15 is 0 Å². The number of thiazole rings is 1. The van der Waals surface area contributed by atoms with Crippen molar-refractivity contribution in [3.8, 4) is 17.2 Å². The Morgan fingerprint density at radius 3 is 2.81 bits per heavy atom. The Kier molecular flexibility index (Phi) is 5.21. The van der Waals surface area contributed by atoms with E-state index in [0.29, 0.717) is 53.5 Å². The van der Waals surface area contributed by atoms with Gasteiger partial charge in [-0.1, -0.05) is 17.4 Å². The first-order valence-corrected chi connectivity index (χ1v) is 10.8. The summed E-state index contributed by atoms with van der Waals surface area (Å²) in [7, 11) is 0. The van der Waals surface area contributed by atoms with Crippen LogP contribution in [0.4, 0.5) is 5.13 Å². The minimum absolute atomic E-state index is 0.203. The SMILES string of the molecule is CCOc1cccc2sc(N(Cc3ccco3)C(=O)c3ccc4c(c3)OCCO4)nc12. The molecule has 0 N–H and O–H groups in total. The van der Waals surface area contributed by atoms with Gasteiger partial charge in [-0.15, -0.1) is 0 Å². The van der Waals surface area contributed by atoms with Gasteiger partial charge in [0.05, 0.1) is 24.1 Å². The van der Waals surface area contributed by atoms with Crippen molar-refractivity contribution in [1.29, 1.82) is 0 Å². The highest BCUT2D eigenvalue weighted by Gasteiger charge is 2.25. The maximum Gasteiger partial charge on any atom is 0.260 e. The van der Waals surface area contributed by atoms with Gasteiger partial charge < -0.3 is 18.6 Å². The van der Waals surface area contributed by atoms with Gasteiger partial charge in [-0.3, -0.25) is 9.69 Å². The number of furan rings is 1. The molecule has 5 rings (SSSR count). The van der Waals surface area contributed by atoms with Crippen LogP contribution >= 0.6 is 11.3 Å². The van der Waals surface area contributed by atoms with Crippen molar-refractivity contribution in [2.45, 2.75) is 13.5 Å². The molecule has 0 aliphatic carbocycles. The standard InChI is InChI=1S/C23H20N2O5S/c1-2-27-18-6-3-7-20-21(18)24-23(31-20)25(14-16-5-4-10-28-16)22(26)15-8-9-17-19(13-15)30-12-11-29-17/h3-10,13H,2,11-12,14H2,1H3. The smallest absolute Gasteiger partial charge is 0.260 e. The van der Waals surface area contributed by atoms with Crippen molar-refractivity contribution in [1.82, 2.24) is 4.98 Å². The number of amides is 1. The zero-order valence-electron chi connectivity index (χ0n) is 16.9.